The average molecular weight is 438 g/mol. The molecule has 1 aliphatic carbocycles. The summed E-state index contributed by atoms with van der Waals surface area (Å²) in [6.07, 6.45) is 4.80. The fourth-order valence-electron chi connectivity index (χ4n) is 1.19. The van der Waals surface area contributed by atoms with Crippen molar-refractivity contribution in [2.24, 2.45) is 11.5 Å². The summed E-state index contributed by atoms with van der Waals surface area (Å²) in [5.41, 5.74) is 11.3. The quantitative estimate of drug-likeness (QED) is 0.535. The van der Waals surface area contributed by atoms with Gasteiger partial charge in [0, 0.05) is 12.1 Å². The molecule has 0 aromatic rings. The molecule has 0 aromatic carbocycles. The van der Waals surface area contributed by atoms with Crippen molar-refractivity contribution >= 4 is 29.2 Å². The Balaban J connectivity index is 0. The number of nitrogens with two attached hydrogens (primary N) is 2. The SMILES string of the molecule is NC1CCCCC1N.O=C(O)C(Cl)Cl.[Pt+2]. The molecule has 2 atom stereocenters. The first-order valence-electron chi connectivity index (χ1n) is 4.47. The molecule has 4 nitrogen and oxygen atoms in total. The van der Waals surface area contributed by atoms with Crippen molar-refractivity contribution < 1.29 is 31.0 Å². The van der Waals surface area contributed by atoms with Crippen LogP contribution in [0.4, 0.5) is 0 Å². The van der Waals surface area contributed by atoms with Crippen LogP contribution < -0.4 is 11.5 Å². The average Bonchev–Trinajstić information content (AvgIpc) is 2.11. The largest absolute Gasteiger partial charge is 2.00 e. The van der Waals surface area contributed by atoms with E-state index < -0.39 is 10.8 Å². The van der Waals surface area contributed by atoms with Crippen LogP contribution in [0.25, 0.3) is 0 Å². The van der Waals surface area contributed by atoms with Gasteiger partial charge in [0.05, 0.1) is 0 Å². The van der Waals surface area contributed by atoms with E-state index in [4.69, 9.17) is 39.8 Å². The number of hydrogen-bond acceptors (Lipinski definition) is 3. The maximum atomic E-state index is 9.44. The summed E-state index contributed by atoms with van der Waals surface area (Å²) < 4.78 is 0. The summed E-state index contributed by atoms with van der Waals surface area (Å²) in [5, 5.41) is 7.73. The third-order valence-corrected chi connectivity index (χ3v) is 2.43. The minimum Gasteiger partial charge on any atom is -0.479 e. The van der Waals surface area contributed by atoms with E-state index in [1.165, 1.54) is 12.8 Å². The van der Waals surface area contributed by atoms with E-state index in [-0.39, 0.29) is 33.1 Å². The molecule has 0 saturated heterocycles. The first-order chi connectivity index (χ1) is 6.45. The summed E-state index contributed by atoms with van der Waals surface area (Å²) >= 11 is 9.56. The fraction of sp³-hybridized carbons (Fsp3) is 0.875. The Morgan fingerprint density at radius 1 is 1.20 bits per heavy atom. The van der Waals surface area contributed by atoms with Crippen molar-refractivity contribution in [2.75, 3.05) is 0 Å². The molecule has 0 aromatic heterocycles. The number of aliphatic carboxylic acids is 1. The molecule has 1 saturated carbocycles. The minimum atomic E-state index is -1.29. The van der Waals surface area contributed by atoms with Gasteiger partial charge in [-0.25, -0.2) is 4.79 Å². The van der Waals surface area contributed by atoms with Gasteiger partial charge in [-0.05, 0) is 12.8 Å². The van der Waals surface area contributed by atoms with Gasteiger partial charge < -0.3 is 16.6 Å². The molecular weight excluding hydrogens is 422 g/mol. The number of carbonyl (C=O) groups is 1. The molecule has 0 heterocycles. The second kappa shape index (κ2) is 9.85. The van der Waals surface area contributed by atoms with Gasteiger partial charge in [-0.1, -0.05) is 36.0 Å². The second-order valence-electron chi connectivity index (χ2n) is 3.25. The van der Waals surface area contributed by atoms with E-state index in [0.717, 1.165) is 12.8 Å². The Hall–Kier alpha value is 0.658. The van der Waals surface area contributed by atoms with E-state index in [1.807, 2.05) is 0 Å². The monoisotopic (exact) mass is 437 g/mol. The van der Waals surface area contributed by atoms with Gasteiger partial charge in [-0.3, -0.25) is 0 Å². The Bertz CT molecular complexity index is 174. The zero-order valence-electron chi connectivity index (χ0n) is 8.14. The first kappa shape index (κ1) is 18.0. The topological polar surface area (TPSA) is 89.3 Å². The molecule has 1 fully saturated rings. The molecule has 1 rings (SSSR count). The summed E-state index contributed by atoms with van der Waals surface area (Å²) in [6, 6.07) is 0.562. The predicted molar refractivity (Wildman–Crippen MR) is 57.5 cm³/mol. The van der Waals surface area contributed by atoms with Gasteiger partial charge in [-0.2, -0.15) is 0 Å². The maximum Gasteiger partial charge on any atom is 2.00 e. The van der Waals surface area contributed by atoms with Crippen molar-refractivity contribution in [1.29, 1.82) is 0 Å². The van der Waals surface area contributed by atoms with Crippen LogP contribution in [0.5, 0.6) is 0 Å². The van der Waals surface area contributed by atoms with Gasteiger partial charge in [0.25, 0.3) is 0 Å². The second-order valence-corrected chi connectivity index (χ2v) is 4.35. The number of alkyl halides is 2. The molecule has 7 heteroatoms. The third kappa shape index (κ3) is 9.58. The number of hydrogen-bond donors (Lipinski definition) is 3. The molecule has 0 radical (unpaired) electrons. The number of halogens is 2. The fourth-order valence-corrected chi connectivity index (χ4v) is 1.19. The zero-order valence-corrected chi connectivity index (χ0v) is 11.9. The van der Waals surface area contributed by atoms with Gasteiger partial charge in [0.1, 0.15) is 0 Å². The number of rotatable bonds is 1. The number of carboxylic acids is 1. The molecule has 0 amide bonds. The Labute approximate surface area is 114 Å². The summed E-state index contributed by atoms with van der Waals surface area (Å²) in [6.45, 7) is 0. The molecule has 0 aliphatic heterocycles. The zero-order chi connectivity index (χ0) is 11.1. The molecule has 0 spiro atoms. The Morgan fingerprint density at radius 2 is 1.47 bits per heavy atom. The van der Waals surface area contributed by atoms with E-state index >= 15 is 0 Å². The Kier molecular flexibility index (Phi) is 11.8. The Morgan fingerprint density at radius 3 is 1.60 bits per heavy atom. The van der Waals surface area contributed by atoms with E-state index in [9.17, 15) is 4.79 Å². The van der Waals surface area contributed by atoms with Gasteiger partial charge >= 0.3 is 27.0 Å². The van der Waals surface area contributed by atoms with Crippen LogP contribution in [-0.2, 0) is 25.9 Å². The van der Waals surface area contributed by atoms with Gasteiger partial charge in [-0.15, -0.1) is 0 Å². The van der Waals surface area contributed by atoms with Gasteiger partial charge in [0.15, 0.2) is 0 Å². The van der Waals surface area contributed by atoms with Crippen molar-refractivity contribution in [1.82, 2.24) is 0 Å². The standard InChI is InChI=1S/C6H14N2.C2H2Cl2O2.Pt/c7-5-3-1-2-4-6(5)8;3-1(4)2(5)6;/h5-6H,1-4,7-8H2;1H,(H,5,6);/q;;+2. The molecule has 15 heavy (non-hydrogen) atoms. The van der Waals surface area contributed by atoms with Crippen LogP contribution in [0, 0.1) is 0 Å². The van der Waals surface area contributed by atoms with E-state index in [0.29, 0.717) is 0 Å². The van der Waals surface area contributed by atoms with Crippen LogP contribution in [0.1, 0.15) is 25.7 Å². The van der Waals surface area contributed by atoms with Crippen LogP contribution in [0.3, 0.4) is 0 Å². The van der Waals surface area contributed by atoms with Gasteiger partial charge in [0.2, 0.25) is 4.84 Å². The molecule has 5 N–H and O–H groups in total. The summed E-state index contributed by atoms with van der Waals surface area (Å²) in [7, 11) is 0. The third-order valence-electron chi connectivity index (χ3n) is 2.06. The van der Waals surface area contributed by atoms with E-state index in [2.05, 4.69) is 0 Å². The summed E-state index contributed by atoms with van der Waals surface area (Å²) in [5.74, 6) is -1.21. The molecule has 92 valence electrons. The van der Waals surface area contributed by atoms with Crippen molar-refractivity contribution in [3.05, 3.63) is 0 Å². The predicted octanol–water partition coefficient (Wildman–Crippen LogP) is 1.09. The normalized spacial score (nSPS) is 24.9. The molecular formula is C8H16Cl2N2O2Pt+2. The molecule has 1 aliphatic rings. The van der Waals surface area contributed by atoms with E-state index in [1.54, 1.807) is 0 Å². The van der Waals surface area contributed by atoms with Crippen molar-refractivity contribution in [3.8, 4) is 0 Å². The molecule has 0 bridgehead atoms. The van der Waals surface area contributed by atoms with Crippen LogP contribution in [-0.4, -0.2) is 28.0 Å². The van der Waals surface area contributed by atoms with Crippen LogP contribution in [0.15, 0.2) is 0 Å². The minimum absolute atomic E-state index is 0. The first-order valence-corrected chi connectivity index (χ1v) is 5.34. The maximum absolute atomic E-state index is 9.44. The van der Waals surface area contributed by atoms with Crippen LogP contribution in [0.2, 0.25) is 0 Å². The van der Waals surface area contributed by atoms with Crippen LogP contribution >= 0.6 is 23.2 Å². The van der Waals surface area contributed by atoms with Crippen molar-refractivity contribution in [2.45, 2.75) is 42.6 Å². The van der Waals surface area contributed by atoms with Crippen molar-refractivity contribution in [3.63, 3.8) is 0 Å². The molecule has 2 unspecified atom stereocenters. The number of carboxylic acid groups (broad SMARTS) is 1. The summed E-state index contributed by atoms with van der Waals surface area (Å²) in [4.78, 5) is 8.15. The smallest absolute Gasteiger partial charge is 0.479 e.